The molecule has 0 aliphatic heterocycles. The highest BCUT2D eigenvalue weighted by atomic mass is 35.5. The van der Waals surface area contributed by atoms with Crippen LogP contribution < -0.4 is 19.1 Å². The van der Waals surface area contributed by atoms with Crippen molar-refractivity contribution in [3.63, 3.8) is 0 Å². The third-order valence-corrected chi connectivity index (χ3v) is 6.59. The third kappa shape index (κ3) is 6.90. The van der Waals surface area contributed by atoms with Gasteiger partial charge in [0.05, 0.1) is 24.7 Å². The number of hydrogen-bond acceptors (Lipinski definition) is 5. The zero-order valence-corrected chi connectivity index (χ0v) is 21.9. The molecule has 0 saturated heterocycles. The molecule has 0 fully saturated rings. The first kappa shape index (κ1) is 26.4. The molecule has 35 heavy (non-hydrogen) atoms. The van der Waals surface area contributed by atoms with E-state index in [0.29, 0.717) is 33.6 Å². The van der Waals surface area contributed by atoms with Gasteiger partial charge in [0.2, 0.25) is 15.9 Å². The lowest BCUT2D eigenvalue weighted by atomic mass is 9.87. The van der Waals surface area contributed by atoms with Gasteiger partial charge in [-0.3, -0.25) is 9.10 Å². The van der Waals surface area contributed by atoms with Crippen molar-refractivity contribution in [3.05, 3.63) is 77.3 Å². The molecule has 0 unspecified atom stereocenters. The lowest BCUT2D eigenvalue weighted by molar-refractivity contribution is -0.114. The Balaban J connectivity index is 1.85. The summed E-state index contributed by atoms with van der Waals surface area (Å²) in [6.45, 7) is 5.78. The maximum atomic E-state index is 13.0. The Hall–Kier alpha value is -3.23. The summed E-state index contributed by atoms with van der Waals surface area (Å²) in [7, 11) is -2.20. The van der Waals surface area contributed by atoms with Gasteiger partial charge in [-0.1, -0.05) is 56.6 Å². The molecule has 9 heteroatoms. The van der Waals surface area contributed by atoms with E-state index in [9.17, 15) is 13.2 Å². The second-order valence-electron chi connectivity index (χ2n) is 9.01. The molecule has 0 saturated carbocycles. The molecule has 3 aromatic rings. The van der Waals surface area contributed by atoms with Crippen molar-refractivity contribution in [1.82, 2.24) is 0 Å². The minimum Gasteiger partial charge on any atom is -0.493 e. The number of halogens is 1. The molecule has 186 valence electrons. The van der Waals surface area contributed by atoms with Crippen molar-refractivity contribution in [2.24, 2.45) is 0 Å². The van der Waals surface area contributed by atoms with Crippen LogP contribution in [0, 0.1) is 0 Å². The third-order valence-electron chi connectivity index (χ3n) is 5.21. The fourth-order valence-corrected chi connectivity index (χ4v) is 4.39. The van der Waals surface area contributed by atoms with Gasteiger partial charge in [-0.2, -0.15) is 0 Å². The van der Waals surface area contributed by atoms with Crippen molar-refractivity contribution in [2.45, 2.75) is 26.2 Å². The van der Waals surface area contributed by atoms with E-state index in [1.807, 2.05) is 18.2 Å². The summed E-state index contributed by atoms with van der Waals surface area (Å²) in [6, 6.07) is 19.0. The van der Waals surface area contributed by atoms with Gasteiger partial charge < -0.3 is 14.8 Å². The number of para-hydroxylation sites is 2. The Morgan fingerprint density at radius 1 is 0.971 bits per heavy atom. The summed E-state index contributed by atoms with van der Waals surface area (Å²) in [5.41, 5.74) is 1.66. The number of carbonyl (C=O) groups is 1. The number of amides is 1. The van der Waals surface area contributed by atoms with Crippen LogP contribution in [0.25, 0.3) is 0 Å². The zero-order valence-electron chi connectivity index (χ0n) is 20.3. The highest BCUT2D eigenvalue weighted by molar-refractivity contribution is 7.92. The first-order valence-electron chi connectivity index (χ1n) is 10.9. The van der Waals surface area contributed by atoms with Crippen LogP contribution in [-0.2, 0) is 20.2 Å². The number of rotatable bonds is 8. The van der Waals surface area contributed by atoms with Gasteiger partial charge in [-0.15, -0.1) is 0 Å². The molecule has 0 aromatic heterocycles. The molecule has 0 atom stereocenters. The molecule has 0 aliphatic carbocycles. The van der Waals surface area contributed by atoms with E-state index in [1.165, 1.54) is 13.2 Å². The summed E-state index contributed by atoms with van der Waals surface area (Å²) in [5, 5.41) is 3.10. The maximum Gasteiger partial charge on any atom is 0.245 e. The SMILES string of the molecule is COc1ccccc1Oc1ccc(Cl)cc1NC(=O)CN(c1ccc(C(C)(C)C)cc1)S(C)(=O)=O. The number of anilines is 2. The molecule has 0 aliphatic rings. The number of sulfonamides is 1. The molecule has 1 amide bonds. The van der Waals surface area contributed by atoms with Crippen molar-refractivity contribution in [2.75, 3.05) is 29.5 Å². The predicted octanol–water partition coefficient (Wildman–Crippen LogP) is 5.84. The summed E-state index contributed by atoms with van der Waals surface area (Å²) < 4.78 is 37.4. The van der Waals surface area contributed by atoms with Gasteiger partial charge in [-0.05, 0) is 53.4 Å². The van der Waals surface area contributed by atoms with E-state index in [2.05, 4.69) is 26.1 Å². The lowest BCUT2D eigenvalue weighted by Crippen LogP contribution is -2.37. The van der Waals surface area contributed by atoms with E-state index < -0.39 is 22.5 Å². The van der Waals surface area contributed by atoms with Gasteiger partial charge in [0.25, 0.3) is 0 Å². The predicted molar refractivity (Wildman–Crippen MR) is 140 cm³/mol. The van der Waals surface area contributed by atoms with Crippen LogP contribution in [0.2, 0.25) is 5.02 Å². The van der Waals surface area contributed by atoms with Crippen LogP contribution in [0.5, 0.6) is 17.2 Å². The van der Waals surface area contributed by atoms with E-state index in [4.69, 9.17) is 21.1 Å². The average molecular weight is 517 g/mol. The first-order chi connectivity index (χ1) is 16.4. The summed E-state index contributed by atoms with van der Waals surface area (Å²) in [4.78, 5) is 13.0. The highest BCUT2D eigenvalue weighted by Crippen LogP contribution is 2.36. The largest absolute Gasteiger partial charge is 0.493 e. The Morgan fingerprint density at radius 3 is 2.17 bits per heavy atom. The quantitative estimate of drug-likeness (QED) is 0.406. The molecule has 0 bridgehead atoms. The second-order valence-corrected chi connectivity index (χ2v) is 11.4. The van der Waals surface area contributed by atoms with Gasteiger partial charge in [-0.25, -0.2) is 8.42 Å². The molecule has 0 heterocycles. The van der Waals surface area contributed by atoms with E-state index >= 15 is 0 Å². The van der Waals surface area contributed by atoms with Crippen LogP contribution >= 0.6 is 11.6 Å². The normalized spacial score (nSPS) is 11.6. The fraction of sp³-hybridized carbons (Fsp3) is 0.269. The van der Waals surface area contributed by atoms with E-state index in [1.54, 1.807) is 42.5 Å². The number of benzene rings is 3. The smallest absolute Gasteiger partial charge is 0.245 e. The number of hydrogen-bond donors (Lipinski definition) is 1. The van der Waals surface area contributed by atoms with Crippen LogP contribution in [-0.4, -0.2) is 34.2 Å². The Labute approximate surface area is 211 Å². The Kier molecular flexibility index (Phi) is 7.97. The number of methoxy groups -OCH3 is 1. The topological polar surface area (TPSA) is 84.9 Å². The number of nitrogens with one attached hydrogen (secondary N) is 1. The summed E-state index contributed by atoms with van der Waals surface area (Å²) >= 11 is 6.15. The second kappa shape index (κ2) is 10.6. The van der Waals surface area contributed by atoms with Crippen molar-refractivity contribution >= 4 is 38.9 Å². The zero-order chi connectivity index (χ0) is 25.8. The van der Waals surface area contributed by atoms with Crippen LogP contribution in [0.4, 0.5) is 11.4 Å². The fourth-order valence-electron chi connectivity index (χ4n) is 3.36. The number of nitrogens with zero attached hydrogens (tertiary/aromatic N) is 1. The minimum absolute atomic E-state index is 0.0871. The first-order valence-corrected chi connectivity index (χ1v) is 13.1. The Morgan fingerprint density at radius 2 is 1.60 bits per heavy atom. The maximum absolute atomic E-state index is 13.0. The van der Waals surface area contributed by atoms with Crippen LogP contribution in [0.3, 0.4) is 0 Å². The summed E-state index contributed by atoms with van der Waals surface area (Å²) in [5.74, 6) is 0.737. The average Bonchev–Trinajstić information content (AvgIpc) is 2.78. The van der Waals surface area contributed by atoms with Crippen LogP contribution in [0.1, 0.15) is 26.3 Å². The highest BCUT2D eigenvalue weighted by Gasteiger charge is 2.23. The standard InChI is InChI=1S/C26H29ClN2O5S/c1-26(2,3)18-10-13-20(14-11-18)29(35(5,31)32)17-25(30)28-21-16-19(27)12-15-22(21)34-24-9-7-6-8-23(24)33-4/h6-16H,17H2,1-5H3,(H,28,30). The molecule has 0 radical (unpaired) electrons. The molecular formula is C26H29ClN2O5S. The number of carbonyl (C=O) groups excluding carboxylic acids is 1. The van der Waals surface area contributed by atoms with E-state index in [-0.39, 0.29) is 5.41 Å². The van der Waals surface area contributed by atoms with Gasteiger partial charge in [0.1, 0.15) is 6.54 Å². The number of ether oxygens (including phenoxy) is 2. The molecule has 3 rings (SSSR count). The Bertz CT molecular complexity index is 1300. The summed E-state index contributed by atoms with van der Waals surface area (Å²) in [6.07, 6.45) is 1.06. The van der Waals surface area contributed by atoms with Crippen molar-refractivity contribution in [1.29, 1.82) is 0 Å². The van der Waals surface area contributed by atoms with Gasteiger partial charge >= 0.3 is 0 Å². The molecule has 3 aromatic carbocycles. The van der Waals surface area contributed by atoms with Crippen LogP contribution in [0.15, 0.2) is 66.7 Å². The molecular weight excluding hydrogens is 488 g/mol. The molecule has 7 nitrogen and oxygen atoms in total. The monoisotopic (exact) mass is 516 g/mol. The molecule has 0 spiro atoms. The lowest BCUT2D eigenvalue weighted by Gasteiger charge is -2.24. The van der Waals surface area contributed by atoms with Crippen molar-refractivity contribution < 1.29 is 22.7 Å². The van der Waals surface area contributed by atoms with E-state index in [0.717, 1.165) is 16.1 Å². The molecule has 1 N–H and O–H groups in total. The van der Waals surface area contributed by atoms with Crippen molar-refractivity contribution in [3.8, 4) is 17.2 Å². The van der Waals surface area contributed by atoms with Gasteiger partial charge in [0.15, 0.2) is 17.2 Å². The van der Waals surface area contributed by atoms with Gasteiger partial charge in [0, 0.05) is 5.02 Å². The minimum atomic E-state index is -3.73.